The minimum atomic E-state index is -3.61. The quantitative estimate of drug-likeness (QED) is 0.487. The average Bonchev–Trinajstić information content (AvgIpc) is 2.90. The van der Waals surface area contributed by atoms with Crippen molar-refractivity contribution < 1.29 is 23.3 Å². The van der Waals surface area contributed by atoms with E-state index >= 15 is 0 Å². The smallest absolute Gasteiger partial charge is 0.432 e. The van der Waals surface area contributed by atoms with Crippen molar-refractivity contribution in [3.05, 3.63) is 22.2 Å². The molecule has 0 radical (unpaired) electrons. The minimum Gasteiger partial charge on any atom is -0.480 e. The van der Waals surface area contributed by atoms with Crippen LogP contribution in [0.25, 0.3) is 10.1 Å². The highest BCUT2D eigenvalue weighted by molar-refractivity contribution is 7.55. The summed E-state index contributed by atoms with van der Waals surface area (Å²) in [7, 11) is 0.214. The molecule has 0 aliphatic rings. The first-order valence-electron chi connectivity index (χ1n) is 5.55. The molecule has 2 rings (SSSR count). The van der Waals surface area contributed by atoms with Gasteiger partial charge in [0.05, 0.1) is 27.8 Å². The molecule has 0 aliphatic heterocycles. The Kier molecular flexibility index (Phi) is 4.43. The zero-order valence-corrected chi connectivity index (χ0v) is 13.1. The maximum atomic E-state index is 12.2. The van der Waals surface area contributed by atoms with Gasteiger partial charge >= 0.3 is 7.75 Å². The highest BCUT2D eigenvalue weighted by Gasteiger charge is 2.26. The third kappa shape index (κ3) is 2.98. The zero-order chi connectivity index (χ0) is 15.6. The van der Waals surface area contributed by atoms with E-state index in [4.69, 9.17) is 13.8 Å². The molecule has 1 heterocycles. The Bertz CT molecular complexity index is 725. The van der Waals surface area contributed by atoms with Gasteiger partial charge in [-0.3, -0.25) is 24.2 Å². The van der Waals surface area contributed by atoms with Crippen molar-refractivity contribution in [1.82, 2.24) is 4.37 Å². The lowest BCUT2D eigenvalue weighted by molar-refractivity contribution is -0.384. The van der Waals surface area contributed by atoms with Crippen molar-refractivity contribution in [3.8, 4) is 5.88 Å². The van der Waals surface area contributed by atoms with Gasteiger partial charge in [0.25, 0.3) is 5.69 Å². The zero-order valence-electron chi connectivity index (χ0n) is 11.4. The number of rotatable bonds is 6. The second-order valence-corrected chi connectivity index (χ2v) is 6.54. The van der Waals surface area contributed by atoms with Crippen molar-refractivity contribution in [1.29, 1.82) is 0 Å². The van der Waals surface area contributed by atoms with Crippen molar-refractivity contribution in [2.24, 2.45) is 0 Å². The molecule has 114 valence electrons. The molecule has 11 heteroatoms. The molecule has 0 atom stereocenters. The Labute approximate surface area is 123 Å². The lowest BCUT2D eigenvalue weighted by atomic mass is 10.2. The lowest BCUT2D eigenvalue weighted by Gasteiger charge is -2.16. The number of fused-ring (bicyclic) bond motifs is 1. The number of nitro groups is 1. The Morgan fingerprint density at radius 2 is 2.00 bits per heavy atom. The molecule has 1 N–H and O–H groups in total. The van der Waals surface area contributed by atoms with Gasteiger partial charge in [-0.1, -0.05) is 0 Å². The molecule has 2 aromatic rings. The maximum Gasteiger partial charge on any atom is 0.432 e. The van der Waals surface area contributed by atoms with Crippen LogP contribution in [0.3, 0.4) is 0 Å². The molecule has 0 saturated carbocycles. The number of aromatic nitrogens is 1. The summed E-state index contributed by atoms with van der Waals surface area (Å²) >= 11 is 1.03. The number of nitrogens with zero attached hydrogens (tertiary/aromatic N) is 2. The Balaban J connectivity index is 2.65. The molecular formula is C10H12N3O6PS. The number of benzene rings is 1. The SMILES string of the molecule is COc1nsc2cc([N+](=O)[O-])cc(NP(=O)(OC)OC)c12. The van der Waals surface area contributed by atoms with Crippen molar-refractivity contribution >= 4 is 40.7 Å². The first kappa shape index (κ1) is 15.6. The molecule has 0 fully saturated rings. The molecule has 1 aromatic carbocycles. The third-order valence-corrected chi connectivity index (χ3v) is 4.92. The van der Waals surface area contributed by atoms with E-state index in [2.05, 4.69) is 9.46 Å². The van der Waals surface area contributed by atoms with Crippen LogP contribution in [0.2, 0.25) is 0 Å². The van der Waals surface area contributed by atoms with E-state index in [9.17, 15) is 14.7 Å². The molecule has 0 amide bonds. The minimum absolute atomic E-state index is 0.171. The summed E-state index contributed by atoms with van der Waals surface area (Å²) in [4.78, 5) is 10.4. The number of ether oxygens (including phenoxy) is 1. The number of nitro benzene ring substituents is 1. The van der Waals surface area contributed by atoms with Crippen LogP contribution in [0.15, 0.2) is 12.1 Å². The first-order chi connectivity index (χ1) is 9.94. The molecule has 0 bridgehead atoms. The van der Waals surface area contributed by atoms with Crippen molar-refractivity contribution in [2.75, 3.05) is 26.4 Å². The van der Waals surface area contributed by atoms with Gasteiger partial charge in [-0.2, -0.15) is 4.37 Å². The predicted molar refractivity (Wildman–Crippen MR) is 78.1 cm³/mol. The normalized spacial score (nSPS) is 11.6. The summed E-state index contributed by atoms with van der Waals surface area (Å²) in [6.45, 7) is 0. The van der Waals surface area contributed by atoms with Gasteiger partial charge in [0.15, 0.2) is 0 Å². The van der Waals surface area contributed by atoms with Gasteiger partial charge in [0.1, 0.15) is 0 Å². The molecule has 0 unspecified atom stereocenters. The second-order valence-electron chi connectivity index (χ2n) is 3.79. The molecule has 1 aromatic heterocycles. The van der Waals surface area contributed by atoms with E-state index < -0.39 is 12.7 Å². The summed E-state index contributed by atoms with van der Waals surface area (Å²) in [5, 5.41) is 14.0. The van der Waals surface area contributed by atoms with E-state index in [0.29, 0.717) is 10.1 Å². The topological polar surface area (TPSA) is 113 Å². The second kappa shape index (κ2) is 5.94. The standard InChI is InChI=1S/C10H12N3O6PS/c1-17-10-9-7(11-20(16,18-2)19-3)4-6(13(14)15)5-8(9)21-12-10/h4-5H,1-3H3,(H,11,16). The predicted octanol–water partition coefficient (Wildman–Crippen LogP) is 3.03. The monoisotopic (exact) mass is 333 g/mol. The summed E-state index contributed by atoms with van der Waals surface area (Å²) < 4.78 is 31.4. The van der Waals surface area contributed by atoms with E-state index in [1.54, 1.807) is 0 Å². The maximum absolute atomic E-state index is 12.2. The first-order valence-corrected chi connectivity index (χ1v) is 7.87. The van der Waals surface area contributed by atoms with E-state index in [1.165, 1.54) is 33.5 Å². The van der Waals surface area contributed by atoms with Crippen LogP contribution in [-0.2, 0) is 13.6 Å². The highest BCUT2D eigenvalue weighted by Crippen LogP contribution is 2.49. The van der Waals surface area contributed by atoms with Crippen LogP contribution in [0.1, 0.15) is 0 Å². The summed E-state index contributed by atoms with van der Waals surface area (Å²) in [5.74, 6) is 0.270. The van der Waals surface area contributed by atoms with Gasteiger partial charge in [0, 0.05) is 26.4 Å². The van der Waals surface area contributed by atoms with Gasteiger partial charge in [-0.15, -0.1) is 0 Å². The number of anilines is 1. The lowest BCUT2D eigenvalue weighted by Crippen LogP contribution is -2.02. The van der Waals surface area contributed by atoms with Crippen molar-refractivity contribution in [2.45, 2.75) is 0 Å². The van der Waals surface area contributed by atoms with Crippen LogP contribution in [0.5, 0.6) is 5.88 Å². The Morgan fingerprint density at radius 3 is 2.52 bits per heavy atom. The number of hydrogen-bond acceptors (Lipinski definition) is 8. The fraction of sp³-hybridized carbons (Fsp3) is 0.300. The van der Waals surface area contributed by atoms with E-state index in [1.807, 2.05) is 0 Å². The number of hydrogen-bond donors (Lipinski definition) is 1. The summed E-state index contributed by atoms with van der Waals surface area (Å²) in [6, 6.07) is 2.59. The van der Waals surface area contributed by atoms with Crippen LogP contribution in [0.4, 0.5) is 11.4 Å². The van der Waals surface area contributed by atoms with Gasteiger partial charge in [-0.05, 0) is 11.5 Å². The molecule has 0 spiro atoms. The number of nitrogens with one attached hydrogen (secondary N) is 1. The molecule has 21 heavy (non-hydrogen) atoms. The van der Waals surface area contributed by atoms with Gasteiger partial charge in [-0.25, -0.2) is 4.57 Å². The fourth-order valence-electron chi connectivity index (χ4n) is 1.68. The third-order valence-electron chi connectivity index (χ3n) is 2.67. The van der Waals surface area contributed by atoms with Crippen LogP contribution < -0.4 is 9.82 Å². The largest absolute Gasteiger partial charge is 0.480 e. The van der Waals surface area contributed by atoms with Crippen molar-refractivity contribution in [3.63, 3.8) is 0 Å². The Hall–Kier alpha value is -1.74. The van der Waals surface area contributed by atoms with E-state index in [-0.39, 0.29) is 17.3 Å². The molecule has 9 nitrogen and oxygen atoms in total. The Morgan fingerprint density at radius 1 is 1.33 bits per heavy atom. The summed E-state index contributed by atoms with van der Waals surface area (Å²) in [5.41, 5.74) is 0.0203. The molecule has 0 saturated heterocycles. The van der Waals surface area contributed by atoms with Crippen LogP contribution in [-0.4, -0.2) is 30.6 Å². The highest BCUT2D eigenvalue weighted by atomic mass is 32.1. The molecule has 0 aliphatic carbocycles. The number of non-ortho nitro benzene ring substituents is 1. The van der Waals surface area contributed by atoms with Crippen LogP contribution in [0, 0.1) is 10.1 Å². The van der Waals surface area contributed by atoms with Gasteiger partial charge in [0.2, 0.25) is 5.88 Å². The fourth-order valence-corrected chi connectivity index (χ4v) is 3.29. The van der Waals surface area contributed by atoms with Gasteiger partial charge < -0.3 is 4.74 Å². The van der Waals surface area contributed by atoms with E-state index in [0.717, 1.165) is 11.5 Å². The van der Waals surface area contributed by atoms with Crippen LogP contribution >= 0.6 is 19.3 Å². The number of methoxy groups -OCH3 is 1. The average molecular weight is 333 g/mol. The summed E-state index contributed by atoms with van der Waals surface area (Å²) in [6.07, 6.45) is 0. The molecular weight excluding hydrogens is 321 g/mol.